The first-order valence-electron chi connectivity index (χ1n) is 11.1. The topological polar surface area (TPSA) is 113 Å². The van der Waals surface area contributed by atoms with Gasteiger partial charge in [0.15, 0.2) is 0 Å². The van der Waals surface area contributed by atoms with Gasteiger partial charge in [-0.3, -0.25) is 4.79 Å². The van der Waals surface area contributed by atoms with E-state index < -0.39 is 35.5 Å². The van der Waals surface area contributed by atoms with Gasteiger partial charge in [-0.25, -0.2) is 19.0 Å². The first-order chi connectivity index (χ1) is 17.3. The summed E-state index contributed by atoms with van der Waals surface area (Å²) in [7, 11) is 1.51. The minimum Gasteiger partial charge on any atom is -0.465 e. The van der Waals surface area contributed by atoms with Crippen LogP contribution in [0.1, 0.15) is 17.0 Å². The lowest BCUT2D eigenvalue weighted by Gasteiger charge is -2.27. The highest BCUT2D eigenvalue weighted by atomic mass is 19.1. The van der Waals surface area contributed by atoms with E-state index in [4.69, 9.17) is 0 Å². The molecule has 4 rings (SSSR count). The summed E-state index contributed by atoms with van der Waals surface area (Å²) in [4.78, 5) is 40.3. The van der Waals surface area contributed by atoms with Crippen molar-refractivity contribution in [2.24, 2.45) is 7.05 Å². The lowest BCUT2D eigenvalue weighted by atomic mass is 9.84. The number of hydrogen-bond acceptors (Lipinski definition) is 4. The van der Waals surface area contributed by atoms with Crippen LogP contribution in [0.4, 0.5) is 14.9 Å². The van der Waals surface area contributed by atoms with Crippen LogP contribution in [0.3, 0.4) is 0 Å². The highest BCUT2D eigenvalue weighted by Crippen LogP contribution is 2.30. The molecule has 2 amide bonds. The van der Waals surface area contributed by atoms with Crippen molar-refractivity contribution in [2.75, 3.05) is 5.32 Å². The minimum atomic E-state index is -1.37. The van der Waals surface area contributed by atoms with Crippen molar-refractivity contribution in [2.45, 2.75) is 12.0 Å². The molecule has 8 nitrogen and oxygen atoms in total. The lowest BCUT2D eigenvalue weighted by Crippen LogP contribution is -2.47. The number of aryl methyl sites for hydroxylation is 1. The molecule has 3 aromatic carbocycles. The van der Waals surface area contributed by atoms with E-state index in [1.807, 2.05) is 60.7 Å². The number of rotatable bonds is 7. The number of carbonyl (C=O) groups is 2. The number of amides is 2. The molecule has 0 bridgehead atoms. The predicted molar refractivity (Wildman–Crippen MR) is 133 cm³/mol. The fourth-order valence-electron chi connectivity index (χ4n) is 4.03. The van der Waals surface area contributed by atoms with Gasteiger partial charge in [0.25, 0.3) is 0 Å². The Balaban J connectivity index is 1.66. The van der Waals surface area contributed by atoms with Crippen molar-refractivity contribution in [1.29, 1.82) is 0 Å². The third-order valence-electron chi connectivity index (χ3n) is 5.71. The summed E-state index contributed by atoms with van der Waals surface area (Å²) in [5, 5.41) is 14.5. The van der Waals surface area contributed by atoms with Crippen molar-refractivity contribution in [3.8, 4) is 11.1 Å². The second-order valence-corrected chi connectivity index (χ2v) is 8.15. The average molecular weight is 487 g/mol. The van der Waals surface area contributed by atoms with Crippen molar-refractivity contribution in [3.05, 3.63) is 119 Å². The predicted octanol–water partition coefficient (Wildman–Crippen LogP) is 3.99. The van der Waals surface area contributed by atoms with E-state index in [0.29, 0.717) is 5.56 Å². The zero-order valence-corrected chi connectivity index (χ0v) is 19.3. The first kappa shape index (κ1) is 24.3. The molecule has 36 heavy (non-hydrogen) atoms. The molecule has 9 heteroatoms. The van der Waals surface area contributed by atoms with E-state index in [0.717, 1.165) is 17.2 Å². The summed E-state index contributed by atoms with van der Waals surface area (Å²) >= 11 is 0. The van der Waals surface area contributed by atoms with Crippen LogP contribution in [-0.4, -0.2) is 32.7 Å². The van der Waals surface area contributed by atoms with Crippen molar-refractivity contribution >= 4 is 17.7 Å². The average Bonchev–Trinajstić information content (AvgIpc) is 2.86. The van der Waals surface area contributed by atoms with Gasteiger partial charge < -0.3 is 20.3 Å². The van der Waals surface area contributed by atoms with Crippen molar-refractivity contribution < 1.29 is 19.1 Å². The largest absolute Gasteiger partial charge is 0.465 e. The Morgan fingerprint density at radius 2 is 1.58 bits per heavy atom. The molecule has 1 atom stereocenters. The van der Waals surface area contributed by atoms with Crippen molar-refractivity contribution in [3.63, 3.8) is 0 Å². The Morgan fingerprint density at radius 3 is 2.11 bits per heavy atom. The van der Waals surface area contributed by atoms with Crippen LogP contribution in [0.15, 0.2) is 96.1 Å². The number of carbonyl (C=O) groups excluding carboxylic acids is 1. The van der Waals surface area contributed by atoms with Gasteiger partial charge in [0, 0.05) is 42.2 Å². The van der Waals surface area contributed by atoms with E-state index in [-0.39, 0.29) is 11.3 Å². The molecule has 0 aliphatic rings. The van der Waals surface area contributed by atoms with Crippen LogP contribution >= 0.6 is 0 Å². The van der Waals surface area contributed by atoms with Gasteiger partial charge in [0.2, 0.25) is 5.91 Å². The summed E-state index contributed by atoms with van der Waals surface area (Å²) in [5.41, 5.74) is 1.75. The highest BCUT2D eigenvalue weighted by Gasteiger charge is 2.32. The number of hydrogen-bond donors (Lipinski definition) is 3. The standard InChI is InChI=1S/C27H23FN4O4/c1-32-16-19(15-29-26(32)34)21-13-12-20(14-22(21)28)30-25(33)24(31-27(35)36)23(17-8-4-2-5-9-17)18-10-6-3-7-11-18/h2-16,23-24,31H,1H3,(H,30,33)(H,35,36). The first-order valence-corrected chi connectivity index (χ1v) is 11.1. The van der Waals surface area contributed by atoms with Crippen LogP contribution in [0.25, 0.3) is 11.1 Å². The number of nitrogens with one attached hydrogen (secondary N) is 2. The SMILES string of the molecule is Cn1cc(-c2ccc(NC(=O)C(NC(=O)O)C(c3ccccc3)c3ccccc3)cc2F)cnc1=O. The summed E-state index contributed by atoms with van der Waals surface area (Å²) in [6.07, 6.45) is 1.37. The van der Waals surface area contributed by atoms with Crippen LogP contribution in [0.2, 0.25) is 0 Å². The Bertz CT molecular complexity index is 1400. The summed E-state index contributed by atoms with van der Waals surface area (Å²) < 4.78 is 16.2. The van der Waals surface area contributed by atoms with E-state index >= 15 is 0 Å². The zero-order chi connectivity index (χ0) is 25.7. The maximum atomic E-state index is 14.9. The molecule has 0 aliphatic heterocycles. The van der Waals surface area contributed by atoms with Gasteiger partial charge in [0.05, 0.1) is 0 Å². The van der Waals surface area contributed by atoms with Gasteiger partial charge in [0.1, 0.15) is 11.9 Å². The van der Waals surface area contributed by atoms with E-state index in [1.165, 1.54) is 36.1 Å². The van der Waals surface area contributed by atoms with Crippen molar-refractivity contribution in [1.82, 2.24) is 14.9 Å². The number of halogens is 1. The van der Waals surface area contributed by atoms with Crippen LogP contribution in [0, 0.1) is 5.82 Å². The molecule has 0 saturated carbocycles. The molecular weight excluding hydrogens is 463 g/mol. The maximum absolute atomic E-state index is 14.9. The molecule has 182 valence electrons. The maximum Gasteiger partial charge on any atom is 0.405 e. The molecule has 1 unspecified atom stereocenters. The molecule has 4 aromatic rings. The molecule has 3 N–H and O–H groups in total. The Kier molecular flexibility index (Phi) is 7.20. The van der Waals surface area contributed by atoms with E-state index in [2.05, 4.69) is 15.6 Å². The molecular formula is C27H23FN4O4. The second-order valence-electron chi connectivity index (χ2n) is 8.15. The molecule has 0 saturated heterocycles. The van der Waals surface area contributed by atoms with Gasteiger partial charge >= 0.3 is 11.8 Å². The minimum absolute atomic E-state index is 0.149. The third-order valence-corrected chi connectivity index (χ3v) is 5.71. The molecule has 0 aliphatic carbocycles. The molecule has 1 heterocycles. The third kappa shape index (κ3) is 5.47. The normalized spacial score (nSPS) is 11.6. The number of aromatic nitrogens is 2. The smallest absolute Gasteiger partial charge is 0.405 e. The quantitative estimate of drug-likeness (QED) is 0.366. The number of carboxylic acid groups (broad SMARTS) is 1. The molecule has 0 spiro atoms. The monoisotopic (exact) mass is 486 g/mol. The fraction of sp³-hybridized carbons (Fsp3) is 0.111. The van der Waals surface area contributed by atoms with Crippen LogP contribution in [-0.2, 0) is 11.8 Å². The highest BCUT2D eigenvalue weighted by molar-refractivity contribution is 5.97. The number of anilines is 1. The van der Waals surface area contributed by atoms with Gasteiger partial charge in [-0.05, 0) is 29.3 Å². The molecule has 0 fully saturated rings. The zero-order valence-electron chi connectivity index (χ0n) is 19.3. The Hall–Kier alpha value is -4.79. The van der Waals surface area contributed by atoms with E-state index in [9.17, 15) is 23.9 Å². The molecule has 0 radical (unpaired) electrons. The van der Waals surface area contributed by atoms with Crippen LogP contribution in [0.5, 0.6) is 0 Å². The number of nitrogens with zero attached hydrogens (tertiary/aromatic N) is 2. The second kappa shape index (κ2) is 10.6. The van der Waals surface area contributed by atoms with E-state index in [1.54, 1.807) is 0 Å². The number of benzene rings is 3. The summed E-state index contributed by atoms with van der Waals surface area (Å²) in [6.45, 7) is 0. The Labute approximate surface area is 206 Å². The molecule has 1 aromatic heterocycles. The van der Waals surface area contributed by atoms with Crippen LogP contribution < -0.4 is 16.3 Å². The van der Waals surface area contributed by atoms with Gasteiger partial charge in [-0.1, -0.05) is 60.7 Å². The summed E-state index contributed by atoms with van der Waals surface area (Å²) in [5.74, 6) is -1.92. The summed E-state index contributed by atoms with van der Waals surface area (Å²) in [6, 6.07) is 21.0. The fourth-order valence-corrected chi connectivity index (χ4v) is 4.03. The Morgan fingerprint density at radius 1 is 0.972 bits per heavy atom. The van der Waals surface area contributed by atoms with Gasteiger partial charge in [-0.2, -0.15) is 0 Å². The van der Waals surface area contributed by atoms with Gasteiger partial charge in [-0.15, -0.1) is 0 Å². The lowest BCUT2D eigenvalue weighted by molar-refractivity contribution is -0.118.